The Balaban J connectivity index is 1.50. The highest BCUT2D eigenvalue weighted by Crippen LogP contribution is 2.22. The van der Waals surface area contributed by atoms with Crippen LogP contribution in [0.15, 0.2) is 36.5 Å². The van der Waals surface area contributed by atoms with Crippen LogP contribution in [0.2, 0.25) is 5.02 Å². The summed E-state index contributed by atoms with van der Waals surface area (Å²) in [6.45, 7) is 7.18. The smallest absolute Gasteiger partial charge is 0.261 e. The molecule has 2 aromatic rings. The van der Waals surface area contributed by atoms with Crippen molar-refractivity contribution in [3.8, 4) is 5.75 Å². The molecule has 144 valence electrons. The van der Waals surface area contributed by atoms with Gasteiger partial charge < -0.3 is 19.7 Å². The first-order chi connectivity index (χ1) is 13.0. The number of hydrogen-bond donors (Lipinski definition) is 1. The second kappa shape index (κ2) is 9.06. The molecule has 1 aromatic carbocycles. The Hall–Kier alpha value is -2.31. The maximum atomic E-state index is 12.3. The average molecular weight is 390 g/mol. The lowest BCUT2D eigenvalue weighted by Gasteiger charge is -2.27. The summed E-state index contributed by atoms with van der Waals surface area (Å²) >= 11 is 5.94. The van der Waals surface area contributed by atoms with Crippen LogP contribution in [0, 0.1) is 6.92 Å². The number of benzene rings is 1. The number of carbonyl (C=O) groups excluding carboxylic acids is 1. The maximum Gasteiger partial charge on any atom is 0.261 e. The van der Waals surface area contributed by atoms with Crippen LogP contribution in [0.4, 0.5) is 5.82 Å². The van der Waals surface area contributed by atoms with Crippen LogP contribution in [0.25, 0.3) is 0 Å². The van der Waals surface area contributed by atoms with E-state index in [1.165, 1.54) is 0 Å². The summed E-state index contributed by atoms with van der Waals surface area (Å²) in [5, 5.41) is 3.53. The van der Waals surface area contributed by atoms with Gasteiger partial charge in [-0.15, -0.1) is 0 Å². The van der Waals surface area contributed by atoms with Crippen molar-refractivity contribution in [1.82, 2.24) is 10.3 Å². The highest BCUT2D eigenvalue weighted by atomic mass is 35.5. The van der Waals surface area contributed by atoms with E-state index < -0.39 is 6.10 Å². The van der Waals surface area contributed by atoms with Gasteiger partial charge in [-0.05, 0) is 49.2 Å². The number of rotatable bonds is 6. The molecule has 1 saturated heterocycles. The van der Waals surface area contributed by atoms with Gasteiger partial charge in [-0.3, -0.25) is 4.79 Å². The van der Waals surface area contributed by atoms with E-state index in [1.807, 2.05) is 25.1 Å². The third-order valence-electron chi connectivity index (χ3n) is 4.42. The lowest BCUT2D eigenvalue weighted by Crippen LogP contribution is -2.37. The SMILES string of the molecule is Cc1cc(Cl)ccc1OC(C)C(=O)NCc1ccc(N2CCOCC2)nc1. The molecule has 27 heavy (non-hydrogen) atoms. The van der Waals surface area contributed by atoms with Crippen LogP contribution in [-0.2, 0) is 16.1 Å². The molecule has 2 heterocycles. The van der Waals surface area contributed by atoms with Crippen LogP contribution in [0.5, 0.6) is 5.75 Å². The maximum absolute atomic E-state index is 12.3. The van der Waals surface area contributed by atoms with Crippen molar-refractivity contribution in [2.75, 3.05) is 31.2 Å². The number of aryl methyl sites for hydroxylation is 1. The molecule has 0 radical (unpaired) electrons. The van der Waals surface area contributed by atoms with Crippen LogP contribution < -0.4 is 15.0 Å². The first-order valence-corrected chi connectivity index (χ1v) is 9.39. The van der Waals surface area contributed by atoms with Gasteiger partial charge in [0.1, 0.15) is 11.6 Å². The highest BCUT2D eigenvalue weighted by Gasteiger charge is 2.16. The Morgan fingerprint density at radius 1 is 1.33 bits per heavy atom. The Morgan fingerprint density at radius 2 is 2.11 bits per heavy atom. The molecule has 6 nitrogen and oxygen atoms in total. The second-order valence-corrected chi connectivity index (χ2v) is 6.95. The quantitative estimate of drug-likeness (QED) is 0.822. The van der Waals surface area contributed by atoms with Gasteiger partial charge in [0.05, 0.1) is 13.2 Å². The van der Waals surface area contributed by atoms with Crippen molar-refractivity contribution < 1.29 is 14.3 Å². The summed E-state index contributed by atoms with van der Waals surface area (Å²) in [7, 11) is 0. The average Bonchev–Trinajstić information content (AvgIpc) is 2.69. The number of ether oxygens (including phenoxy) is 2. The van der Waals surface area contributed by atoms with E-state index in [9.17, 15) is 4.79 Å². The summed E-state index contributed by atoms with van der Waals surface area (Å²) < 4.78 is 11.1. The molecule has 1 unspecified atom stereocenters. The Bertz CT molecular complexity index is 777. The Kier molecular flexibility index (Phi) is 6.53. The van der Waals surface area contributed by atoms with E-state index in [2.05, 4.69) is 15.2 Å². The summed E-state index contributed by atoms with van der Waals surface area (Å²) in [4.78, 5) is 19.0. The minimum absolute atomic E-state index is 0.179. The fourth-order valence-corrected chi connectivity index (χ4v) is 3.05. The van der Waals surface area contributed by atoms with E-state index in [4.69, 9.17) is 21.1 Å². The molecular weight excluding hydrogens is 366 g/mol. The second-order valence-electron chi connectivity index (χ2n) is 6.51. The van der Waals surface area contributed by atoms with E-state index in [0.717, 1.165) is 43.2 Å². The zero-order valence-electron chi connectivity index (χ0n) is 15.6. The first-order valence-electron chi connectivity index (χ1n) is 9.01. The zero-order valence-corrected chi connectivity index (χ0v) is 16.3. The number of aromatic nitrogens is 1. The summed E-state index contributed by atoms with van der Waals surface area (Å²) in [5.41, 5.74) is 1.83. The van der Waals surface area contributed by atoms with E-state index in [0.29, 0.717) is 17.3 Å². The molecule has 0 aliphatic carbocycles. The van der Waals surface area contributed by atoms with E-state index in [1.54, 1.807) is 25.3 Å². The van der Waals surface area contributed by atoms with Gasteiger partial charge in [0.25, 0.3) is 5.91 Å². The van der Waals surface area contributed by atoms with Gasteiger partial charge in [0, 0.05) is 30.9 Å². The van der Waals surface area contributed by atoms with Crippen LogP contribution in [0.3, 0.4) is 0 Å². The van der Waals surface area contributed by atoms with Gasteiger partial charge in [-0.2, -0.15) is 0 Å². The van der Waals surface area contributed by atoms with E-state index in [-0.39, 0.29) is 5.91 Å². The molecule has 1 N–H and O–H groups in total. The number of halogens is 1. The zero-order chi connectivity index (χ0) is 19.2. The predicted molar refractivity (Wildman–Crippen MR) is 105 cm³/mol. The van der Waals surface area contributed by atoms with Crippen LogP contribution >= 0.6 is 11.6 Å². The molecule has 0 saturated carbocycles. The van der Waals surface area contributed by atoms with Gasteiger partial charge in [0.2, 0.25) is 0 Å². The topological polar surface area (TPSA) is 63.7 Å². The largest absolute Gasteiger partial charge is 0.481 e. The number of hydrogen-bond acceptors (Lipinski definition) is 5. The van der Waals surface area contributed by atoms with Crippen LogP contribution in [-0.4, -0.2) is 43.3 Å². The number of amides is 1. The minimum atomic E-state index is -0.606. The van der Waals surface area contributed by atoms with Crippen molar-refractivity contribution in [3.05, 3.63) is 52.7 Å². The molecule has 1 fully saturated rings. The lowest BCUT2D eigenvalue weighted by molar-refractivity contribution is -0.127. The van der Waals surface area contributed by atoms with Crippen molar-refractivity contribution in [1.29, 1.82) is 0 Å². The number of morpholine rings is 1. The normalized spacial score (nSPS) is 15.3. The summed E-state index contributed by atoms with van der Waals surface area (Å²) in [5.74, 6) is 1.41. The third-order valence-corrected chi connectivity index (χ3v) is 4.66. The number of carbonyl (C=O) groups is 1. The monoisotopic (exact) mass is 389 g/mol. The summed E-state index contributed by atoms with van der Waals surface area (Å²) in [6, 6.07) is 9.28. The molecule has 0 spiro atoms. The third kappa shape index (κ3) is 5.34. The lowest BCUT2D eigenvalue weighted by atomic mass is 10.2. The standard InChI is InChI=1S/C20H24ClN3O3/c1-14-11-17(21)4-5-18(14)27-15(2)20(25)23-13-16-3-6-19(22-12-16)24-7-9-26-10-8-24/h3-6,11-12,15H,7-10,13H2,1-2H3,(H,23,25). The number of nitrogens with one attached hydrogen (secondary N) is 1. The molecular formula is C20H24ClN3O3. The first kappa shape index (κ1) is 19.5. The molecule has 1 aliphatic heterocycles. The Morgan fingerprint density at radius 3 is 2.78 bits per heavy atom. The van der Waals surface area contributed by atoms with Gasteiger partial charge >= 0.3 is 0 Å². The molecule has 1 atom stereocenters. The molecule has 7 heteroatoms. The Labute approximate surface area is 164 Å². The van der Waals surface area contributed by atoms with Gasteiger partial charge in [-0.25, -0.2) is 4.98 Å². The predicted octanol–water partition coefficient (Wildman–Crippen LogP) is 2.96. The van der Waals surface area contributed by atoms with Crippen molar-refractivity contribution in [3.63, 3.8) is 0 Å². The summed E-state index contributed by atoms with van der Waals surface area (Å²) in [6.07, 6.45) is 1.19. The fraction of sp³-hybridized carbons (Fsp3) is 0.400. The fourth-order valence-electron chi connectivity index (χ4n) is 2.82. The van der Waals surface area contributed by atoms with Crippen molar-refractivity contribution in [2.24, 2.45) is 0 Å². The highest BCUT2D eigenvalue weighted by molar-refractivity contribution is 6.30. The number of pyridine rings is 1. The van der Waals surface area contributed by atoms with E-state index >= 15 is 0 Å². The number of anilines is 1. The molecule has 1 aliphatic rings. The molecule has 3 rings (SSSR count). The van der Waals surface area contributed by atoms with Gasteiger partial charge in [0.15, 0.2) is 6.10 Å². The molecule has 0 bridgehead atoms. The number of nitrogens with zero attached hydrogens (tertiary/aromatic N) is 2. The molecule has 1 aromatic heterocycles. The van der Waals surface area contributed by atoms with Crippen LogP contribution in [0.1, 0.15) is 18.1 Å². The van der Waals surface area contributed by atoms with Crippen molar-refractivity contribution >= 4 is 23.3 Å². The van der Waals surface area contributed by atoms with Crippen molar-refractivity contribution in [2.45, 2.75) is 26.5 Å². The molecule has 1 amide bonds. The van der Waals surface area contributed by atoms with Gasteiger partial charge in [-0.1, -0.05) is 17.7 Å². The minimum Gasteiger partial charge on any atom is -0.481 e.